The van der Waals surface area contributed by atoms with Crippen molar-refractivity contribution < 1.29 is 4.74 Å². The third-order valence-electron chi connectivity index (χ3n) is 12.8. The number of hydrogen-bond donors (Lipinski definition) is 0. The van der Waals surface area contributed by atoms with E-state index in [1.165, 1.54) is 15.6 Å². The predicted molar refractivity (Wildman–Crippen MR) is 252 cm³/mol. The molecule has 0 unspecified atom stereocenters. The monoisotopic (exact) mass is 829 g/mol. The fourth-order valence-electron chi connectivity index (χ4n) is 10.2. The van der Waals surface area contributed by atoms with E-state index in [4.69, 9.17) is 29.7 Å². The lowest BCUT2D eigenvalue weighted by molar-refractivity contribution is 0.379. The highest BCUT2D eigenvalue weighted by atomic mass is 28.3. The van der Waals surface area contributed by atoms with Crippen LogP contribution >= 0.6 is 0 Å². The first-order valence-electron chi connectivity index (χ1n) is 21.2. The highest BCUT2D eigenvalue weighted by molar-refractivity contribution is 7.20. The smallest absolute Gasteiger partial charge is 0.220 e. The number of imidazole rings is 2. The predicted octanol–water partition coefficient (Wildman–Crippen LogP) is 8.27. The minimum Gasteiger partial charge on any atom is -0.457 e. The summed E-state index contributed by atoms with van der Waals surface area (Å²) in [6.45, 7) is 0. The first kappa shape index (κ1) is 36.8. The van der Waals surface area contributed by atoms with Crippen molar-refractivity contribution in [3.63, 3.8) is 0 Å². The number of rotatable bonds is 9. The van der Waals surface area contributed by atoms with Crippen LogP contribution in [0.3, 0.4) is 0 Å². The van der Waals surface area contributed by atoms with Crippen LogP contribution in [0.1, 0.15) is 22.8 Å². The highest BCUT2D eigenvalue weighted by Gasteiger charge is 2.50. The van der Waals surface area contributed by atoms with E-state index in [1.807, 2.05) is 36.9 Å². The number of aromatic nitrogens is 7. The zero-order valence-corrected chi connectivity index (χ0v) is 35.2. The third-order valence-corrected chi connectivity index (χ3v) is 17.5. The van der Waals surface area contributed by atoms with E-state index in [2.05, 4.69) is 185 Å². The number of nitrogens with zero attached hydrogens (tertiary/aromatic N) is 7. The summed E-state index contributed by atoms with van der Waals surface area (Å²) in [5.74, 6) is 3.99. The Labute approximate surface area is 364 Å². The van der Waals surface area contributed by atoms with Gasteiger partial charge in [-0.2, -0.15) is 0 Å². The number of fused-ring (bicyclic) bond motifs is 7. The summed E-state index contributed by atoms with van der Waals surface area (Å²) in [5, 5.41) is 4.83. The summed E-state index contributed by atoms with van der Waals surface area (Å²) < 4.78 is 12.0. The van der Waals surface area contributed by atoms with Crippen LogP contribution in [-0.2, 0) is 18.3 Å². The minimum absolute atomic E-state index is 0.513. The Morgan fingerprint density at radius 1 is 0.476 bits per heavy atom. The van der Waals surface area contributed by atoms with Crippen molar-refractivity contribution >= 4 is 56.7 Å². The second kappa shape index (κ2) is 14.9. The van der Waals surface area contributed by atoms with Crippen LogP contribution in [0.2, 0.25) is 0 Å². The van der Waals surface area contributed by atoms with Gasteiger partial charge in [-0.3, -0.25) is 8.97 Å². The van der Waals surface area contributed by atoms with E-state index >= 15 is 0 Å². The van der Waals surface area contributed by atoms with Crippen LogP contribution in [-0.4, -0.2) is 42.0 Å². The van der Waals surface area contributed by atoms with Gasteiger partial charge in [0.2, 0.25) is 5.78 Å². The Morgan fingerprint density at radius 3 is 1.73 bits per heavy atom. The topological polar surface area (TPSA) is 83.0 Å². The molecule has 0 radical (unpaired) electrons. The number of ether oxygens (including phenoxy) is 1. The molecule has 1 aliphatic heterocycles. The zero-order chi connectivity index (χ0) is 41.8. The molecule has 7 aromatic carbocycles. The van der Waals surface area contributed by atoms with Crippen LogP contribution in [0.4, 0.5) is 0 Å². The molecule has 0 fully saturated rings. The number of para-hydroxylation sites is 6. The summed E-state index contributed by atoms with van der Waals surface area (Å²) in [6, 6.07) is 67.1. The lowest BCUT2D eigenvalue weighted by atomic mass is 9.67. The molecule has 1 aliphatic rings. The van der Waals surface area contributed by atoms with Crippen molar-refractivity contribution in [3.8, 4) is 17.2 Å². The Balaban J connectivity index is 1.17. The zero-order valence-electron chi connectivity index (χ0n) is 34.2. The van der Waals surface area contributed by atoms with Gasteiger partial charge in [0.25, 0.3) is 0 Å². The van der Waals surface area contributed by atoms with Crippen molar-refractivity contribution in [2.45, 2.75) is 18.3 Å². The van der Waals surface area contributed by atoms with Crippen molar-refractivity contribution in [1.82, 2.24) is 33.9 Å². The lowest BCUT2D eigenvalue weighted by Gasteiger charge is -2.43. The van der Waals surface area contributed by atoms with Gasteiger partial charge >= 0.3 is 0 Å². The Morgan fingerprint density at radius 2 is 1.03 bits per heavy atom. The maximum absolute atomic E-state index is 7.40. The average molecular weight is 830 g/mol. The van der Waals surface area contributed by atoms with Gasteiger partial charge in [-0.15, -0.1) is 0 Å². The van der Waals surface area contributed by atoms with Crippen molar-refractivity contribution in [1.29, 1.82) is 0 Å². The molecule has 0 spiro atoms. The Bertz CT molecular complexity index is 3370. The van der Waals surface area contributed by atoms with Crippen LogP contribution in [0.25, 0.3) is 33.5 Å². The van der Waals surface area contributed by atoms with Crippen molar-refractivity contribution in [2.24, 2.45) is 0 Å². The molecule has 4 aromatic heterocycles. The first-order chi connectivity index (χ1) is 31.2. The molecule has 9 heteroatoms. The molecule has 11 aromatic rings. The summed E-state index contributed by atoms with van der Waals surface area (Å²) in [4.78, 5) is 24.5. The van der Waals surface area contributed by atoms with Crippen molar-refractivity contribution in [2.75, 3.05) is 0 Å². The standard InChI is InChI=1S/C54H39N7OSi/c1-3-18-39(19-4-1)63(40-20-5-2-6-21-40,41-22-13-17-38(35-41)60-46-27-10-11-28-47(46)61-45-26-9-8-25-44(45)59-53(60)61)49-30-14-24-43-52(49)62-48-29-12-7-23-42(48)54(43,36-50-55-31-15-32-56-50)37-51-57-33-16-34-58-51/h1-35H,36-37H2. The van der Waals surface area contributed by atoms with Crippen molar-refractivity contribution in [3.05, 3.63) is 236 Å². The molecule has 8 nitrogen and oxygen atoms in total. The van der Waals surface area contributed by atoms with Gasteiger partial charge in [-0.05, 0) is 75.3 Å². The second-order valence-electron chi connectivity index (χ2n) is 16.1. The maximum atomic E-state index is 7.40. The third kappa shape index (κ3) is 5.77. The van der Waals surface area contributed by atoms with E-state index < -0.39 is 13.5 Å². The van der Waals surface area contributed by atoms with Gasteiger partial charge in [0.1, 0.15) is 23.1 Å². The molecular weight excluding hydrogens is 791 g/mol. The maximum Gasteiger partial charge on any atom is 0.220 e. The molecule has 0 saturated heterocycles. The first-order valence-corrected chi connectivity index (χ1v) is 23.2. The molecule has 0 saturated carbocycles. The minimum atomic E-state index is -3.29. The van der Waals surface area contributed by atoms with Gasteiger partial charge in [-0.1, -0.05) is 133 Å². The van der Waals surface area contributed by atoms with E-state index in [9.17, 15) is 0 Å². The van der Waals surface area contributed by atoms with E-state index in [1.54, 1.807) is 0 Å². The molecular formula is C54H39N7OSi. The van der Waals surface area contributed by atoms with Crippen LogP contribution in [0, 0.1) is 0 Å². The number of hydrogen-bond acceptors (Lipinski definition) is 6. The molecule has 0 amide bonds. The molecule has 63 heavy (non-hydrogen) atoms. The molecule has 12 rings (SSSR count). The normalized spacial score (nSPS) is 13.1. The average Bonchev–Trinajstić information content (AvgIpc) is 3.88. The van der Waals surface area contributed by atoms with Gasteiger partial charge in [0.15, 0.2) is 8.07 Å². The molecule has 300 valence electrons. The highest BCUT2D eigenvalue weighted by Crippen LogP contribution is 2.51. The summed E-state index contributed by atoms with van der Waals surface area (Å²) in [6.07, 6.45) is 8.31. The van der Waals surface area contributed by atoms with E-state index in [0.717, 1.165) is 73.0 Å². The second-order valence-corrected chi connectivity index (χ2v) is 19.9. The van der Waals surface area contributed by atoms with Crippen LogP contribution < -0.4 is 25.5 Å². The van der Waals surface area contributed by atoms with Crippen LogP contribution in [0.5, 0.6) is 11.5 Å². The summed E-state index contributed by atoms with van der Waals surface area (Å²) in [5.41, 5.74) is 6.68. The van der Waals surface area contributed by atoms with Gasteiger partial charge < -0.3 is 4.74 Å². The van der Waals surface area contributed by atoms with Gasteiger partial charge in [-0.25, -0.2) is 24.9 Å². The van der Waals surface area contributed by atoms with Gasteiger partial charge in [0, 0.05) is 59.9 Å². The fourth-order valence-corrected chi connectivity index (χ4v) is 15.1. The largest absolute Gasteiger partial charge is 0.457 e. The molecule has 0 N–H and O–H groups in total. The Hall–Kier alpha value is -8.01. The molecule has 0 atom stereocenters. The summed E-state index contributed by atoms with van der Waals surface area (Å²) >= 11 is 0. The molecule has 0 bridgehead atoms. The fraction of sp³-hybridized carbons (Fsp3) is 0.0556. The lowest BCUT2D eigenvalue weighted by Crippen LogP contribution is -2.75. The summed E-state index contributed by atoms with van der Waals surface area (Å²) in [7, 11) is -3.29. The van der Waals surface area contributed by atoms with E-state index in [0.29, 0.717) is 12.8 Å². The van der Waals surface area contributed by atoms with Crippen LogP contribution in [0.15, 0.2) is 213 Å². The van der Waals surface area contributed by atoms with E-state index in [-0.39, 0.29) is 0 Å². The quantitative estimate of drug-likeness (QED) is 0.108. The number of benzene rings is 7. The SMILES string of the molecule is c1ccc([Si](c2ccccc2)(c2cccc(-n3c4ccccc4n4c5ccccc5nc34)c2)c2cccc3c2Oc2ccccc2C3(Cc2ncccn2)Cc2ncccn2)cc1. The molecule has 0 aliphatic carbocycles. The Kier molecular flexibility index (Phi) is 8.68. The van der Waals surface area contributed by atoms with Gasteiger partial charge in [0.05, 0.1) is 22.1 Å². The molecule has 5 heterocycles.